The van der Waals surface area contributed by atoms with E-state index in [1.54, 1.807) is 57.2 Å². The van der Waals surface area contributed by atoms with E-state index in [1.165, 1.54) is 6.07 Å². The highest BCUT2D eigenvalue weighted by atomic mass is 79.9. The van der Waals surface area contributed by atoms with Crippen LogP contribution in [0.25, 0.3) is 0 Å². The van der Waals surface area contributed by atoms with Crippen LogP contribution in [0.3, 0.4) is 0 Å². The van der Waals surface area contributed by atoms with Crippen molar-refractivity contribution in [2.75, 3.05) is 4.90 Å². The maximum absolute atomic E-state index is 13.7. The van der Waals surface area contributed by atoms with Gasteiger partial charge < -0.3 is 4.74 Å². The molecule has 1 aliphatic carbocycles. The molecule has 9 heteroatoms. The lowest BCUT2D eigenvalue weighted by molar-refractivity contribution is -0.499. The van der Waals surface area contributed by atoms with Crippen molar-refractivity contribution in [2.24, 2.45) is 0 Å². The number of amides is 2. The highest BCUT2D eigenvalue weighted by Gasteiger charge is 2.83. The number of hydrogen-bond donors (Lipinski definition) is 0. The van der Waals surface area contributed by atoms with Crippen LogP contribution in [0.15, 0.2) is 46.9 Å². The van der Waals surface area contributed by atoms with Crippen LogP contribution in [0.2, 0.25) is 5.02 Å². The van der Waals surface area contributed by atoms with Crippen molar-refractivity contribution in [1.82, 2.24) is 0 Å². The predicted octanol–water partition coefficient (Wildman–Crippen LogP) is 5.06. The molecule has 2 aromatic carbocycles. The van der Waals surface area contributed by atoms with Crippen LogP contribution in [0.4, 0.5) is 10.5 Å². The van der Waals surface area contributed by atoms with Crippen LogP contribution in [-0.2, 0) is 14.9 Å². The number of carbonyl (C=O) groups excluding carboxylic acids is 2. The summed E-state index contributed by atoms with van der Waals surface area (Å²) < 4.78 is 6.08. The van der Waals surface area contributed by atoms with Gasteiger partial charge in [0, 0.05) is 14.4 Å². The van der Waals surface area contributed by atoms with Gasteiger partial charge in [-0.25, -0.2) is 9.69 Å². The standard InChI is InChI=1S/C21H18BrClN2O5/c1-20(2,3)30-19(27)24-15-10-11(23)8-9-13(15)21(18(24)26)16(17(21)25(28)29)12-6-4-5-7-14(12)22/h4-10,16-17H,1-3H3/t16-,17-,21+/m0/s1. The topological polar surface area (TPSA) is 89.8 Å². The van der Waals surface area contributed by atoms with Gasteiger partial charge >= 0.3 is 6.09 Å². The van der Waals surface area contributed by atoms with Crippen LogP contribution in [-0.4, -0.2) is 28.6 Å². The summed E-state index contributed by atoms with van der Waals surface area (Å²) in [6.07, 6.45) is -0.882. The zero-order chi connectivity index (χ0) is 22.0. The van der Waals surface area contributed by atoms with E-state index in [9.17, 15) is 19.7 Å². The fourth-order valence-electron chi connectivity index (χ4n) is 4.32. The third-order valence-electron chi connectivity index (χ3n) is 5.41. The van der Waals surface area contributed by atoms with E-state index in [2.05, 4.69) is 15.9 Å². The summed E-state index contributed by atoms with van der Waals surface area (Å²) in [6.45, 7) is 5.04. The smallest absolute Gasteiger partial charge is 0.421 e. The summed E-state index contributed by atoms with van der Waals surface area (Å²) in [7, 11) is 0. The van der Waals surface area contributed by atoms with Crippen molar-refractivity contribution in [2.45, 2.75) is 43.7 Å². The number of nitro groups is 1. The molecule has 1 fully saturated rings. The molecule has 0 N–H and O–H groups in total. The summed E-state index contributed by atoms with van der Waals surface area (Å²) in [5.74, 6) is -1.40. The molecule has 1 heterocycles. The number of ether oxygens (including phenoxy) is 1. The normalized spacial score (nSPS) is 24.7. The second-order valence-corrected chi connectivity index (χ2v) is 9.67. The highest BCUT2D eigenvalue weighted by Crippen LogP contribution is 2.68. The van der Waals surface area contributed by atoms with Gasteiger partial charge in [0.25, 0.3) is 5.91 Å². The Morgan fingerprint density at radius 1 is 1.27 bits per heavy atom. The SMILES string of the molecule is CC(C)(C)OC(=O)N1C(=O)[C@@]2(c3ccc(Cl)cc31)[C@@H]([N+](=O)[O-])[C@@H]2c1ccccc1Br. The summed E-state index contributed by atoms with van der Waals surface area (Å²) >= 11 is 9.57. The van der Waals surface area contributed by atoms with Crippen LogP contribution in [0, 0.1) is 10.1 Å². The lowest BCUT2D eigenvalue weighted by Gasteiger charge is -2.24. The van der Waals surface area contributed by atoms with Crippen molar-refractivity contribution < 1.29 is 19.2 Å². The Morgan fingerprint density at radius 3 is 2.53 bits per heavy atom. The molecule has 4 rings (SSSR count). The van der Waals surface area contributed by atoms with Crippen molar-refractivity contribution in [1.29, 1.82) is 0 Å². The summed E-state index contributed by atoms with van der Waals surface area (Å²) in [5, 5.41) is 12.3. The zero-order valence-corrected chi connectivity index (χ0v) is 18.7. The number of imide groups is 1. The number of carbonyl (C=O) groups is 2. The summed E-state index contributed by atoms with van der Waals surface area (Å²) in [4.78, 5) is 39.0. The van der Waals surface area contributed by atoms with Crippen LogP contribution >= 0.6 is 27.5 Å². The van der Waals surface area contributed by atoms with E-state index in [0.29, 0.717) is 20.6 Å². The largest absolute Gasteiger partial charge is 0.443 e. The Hall–Kier alpha value is -2.45. The number of fused-ring (bicyclic) bond motifs is 2. The number of hydrogen-bond acceptors (Lipinski definition) is 5. The first-order valence-electron chi connectivity index (χ1n) is 9.25. The maximum atomic E-state index is 13.7. The number of nitrogens with zero attached hydrogens (tertiary/aromatic N) is 2. The lowest BCUT2D eigenvalue weighted by Crippen LogP contribution is -2.42. The molecular weight excluding hydrogens is 476 g/mol. The lowest BCUT2D eigenvalue weighted by atomic mass is 9.92. The van der Waals surface area contributed by atoms with Gasteiger partial charge in [-0.2, -0.15) is 0 Å². The first-order chi connectivity index (χ1) is 14.0. The molecule has 3 atom stereocenters. The molecule has 0 bridgehead atoms. The molecule has 1 aliphatic heterocycles. The molecule has 2 aromatic rings. The van der Waals surface area contributed by atoms with E-state index in [1.807, 2.05) is 0 Å². The summed E-state index contributed by atoms with van der Waals surface area (Å²) in [5.41, 5.74) is -1.07. The van der Waals surface area contributed by atoms with E-state index in [-0.39, 0.29) is 5.69 Å². The molecule has 30 heavy (non-hydrogen) atoms. The van der Waals surface area contributed by atoms with Gasteiger partial charge in [0.2, 0.25) is 6.04 Å². The van der Waals surface area contributed by atoms with Crippen LogP contribution < -0.4 is 4.90 Å². The second-order valence-electron chi connectivity index (χ2n) is 8.38. The van der Waals surface area contributed by atoms with Gasteiger partial charge in [0.1, 0.15) is 5.60 Å². The quantitative estimate of drug-likeness (QED) is 0.431. The van der Waals surface area contributed by atoms with Crippen LogP contribution in [0.1, 0.15) is 37.8 Å². The number of anilines is 1. The molecule has 7 nitrogen and oxygen atoms in total. The Balaban J connectivity index is 1.90. The Morgan fingerprint density at radius 2 is 1.93 bits per heavy atom. The second kappa shape index (κ2) is 6.78. The Labute approximate surface area is 186 Å². The molecule has 0 unspecified atom stereocenters. The monoisotopic (exact) mass is 492 g/mol. The molecule has 156 valence electrons. The minimum Gasteiger partial charge on any atom is -0.443 e. The van der Waals surface area contributed by atoms with Gasteiger partial charge in [-0.1, -0.05) is 51.8 Å². The van der Waals surface area contributed by atoms with Gasteiger partial charge in [-0.15, -0.1) is 0 Å². The molecule has 2 aliphatic rings. The van der Waals surface area contributed by atoms with Gasteiger partial charge in [0.15, 0.2) is 5.41 Å². The minimum absolute atomic E-state index is 0.225. The minimum atomic E-state index is -1.50. The number of rotatable bonds is 2. The van der Waals surface area contributed by atoms with Crippen molar-refractivity contribution >= 4 is 45.2 Å². The fourth-order valence-corrected chi connectivity index (χ4v) is 5.02. The third-order valence-corrected chi connectivity index (χ3v) is 6.37. The average molecular weight is 494 g/mol. The molecule has 2 amide bonds. The summed E-state index contributed by atoms with van der Waals surface area (Å²) in [6, 6.07) is 10.5. The zero-order valence-electron chi connectivity index (χ0n) is 16.4. The van der Waals surface area contributed by atoms with E-state index in [0.717, 1.165) is 4.90 Å². The van der Waals surface area contributed by atoms with Crippen molar-refractivity contribution in [3.05, 3.63) is 73.2 Å². The maximum Gasteiger partial charge on any atom is 0.421 e. The first-order valence-corrected chi connectivity index (χ1v) is 10.4. The van der Waals surface area contributed by atoms with Gasteiger partial charge in [0.05, 0.1) is 11.6 Å². The number of benzene rings is 2. The Kier molecular flexibility index (Phi) is 4.70. The van der Waals surface area contributed by atoms with Crippen molar-refractivity contribution in [3.63, 3.8) is 0 Å². The molecular formula is C21H18BrClN2O5. The van der Waals surface area contributed by atoms with Gasteiger partial charge in [-0.3, -0.25) is 14.9 Å². The Bertz CT molecular complexity index is 1100. The molecule has 0 saturated heterocycles. The first kappa shape index (κ1) is 20.8. The fraction of sp³-hybridized carbons (Fsp3) is 0.333. The molecule has 0 radical (unpaired) electrons. The molecule has 1 spiro atoms. The van der Waals surface area contributed by atoms with E-state index in [4.69, 9.17) is 16.3 Å². The van der Waals surface area contributed by atoms with Crippen molar-refractivity contribution in [3.8, 4) is 0 Å². The molecule has 1 saturated carbocycles. The molecule has 0 aromatic heterocycles. The highest BCUT2D eigenvalue weighted by molar-refractivity contribution is 9.10. The predicted molar refractivity (Wildman–Crippen MR) is 115 cm³/mol. The average Bonchev–Trinajstić information content (AvgIpc) is 3.25. The van der Waals surface area contributed by atoms with E-state index < -0.39 is 39.9 Å². The third kappa shape index (κ3) is 2.93. The number of halogens is 2. The van der Waals surface area contributed by atoms with Gasteiger partial charge in [-0.05, 0) is 50.1 Å². The van der Waals surface area contributed by atoms with E-state index >= 15 is 0 Å². The van der Waals surface area contributed by atoms with Crippen LogP contribution in [0.5, 0.6) is 0 Å².